The lowest BCUT2D eigenvalue weighted by Crippen LogP contribution is -2.19. The van der Waals surface area contributed by atoms with Crippen molar-refractivity contribution >= 4 is 17.6 Å². The Bertz CT molecular complexity index is 746. The van der Waals surface area contributed by atoms with Crippen LogP contribution in [0.1, 0.15) is 25.3 Å². The van der Waals surface area contributed by atoms with Crippen molar-refractivity contribution in [2.75, 3.05) is 40.2 Å². The molecule has 2 bridgehead atoms. The molecule has 29 heavy (non-hydrogen) atoms. The number of fused-ring (bicyclic) bond motifs is 2. The van der Waals surface area contributed by atoms with E-state index >= 15 is 0 Å². The minimum absolute atomic E-state index is 0.0179. The van der Waals surface area contributed by atoms with Crippen LogP contribution in [0.2, 0.25) is 0 Å². The first-order chi connectivity index (χ1) is 14.0. The quantitative estimate of drug-likeness (QED) is 0.541. The monoisotopic (exact) mass is 409 g/mol. The first kappa shape index (κ1) is 22.5. The highest BCUT2D eigenvalue weighted by Crippen LogP contribution is 2.44. The van der Waals surface area contributed by atoms with Crippen LogP contribution in [0, 0.1) is 0 Å². The van der Waals surface area contributed by atoms with Crippen LogP contribution in [-0.4, -0.2) is 52.9 Å². The molecule has 9 heteroatoms. The summed E-state index contributed by atoms with van der Waals surface area (Å²) in [5.41, 5.74) is 0.965. The van der Waals surface area contributed by atoms with Crippen LogP contribution in [0.3, 0.4) is 0 Å². The van der Waals surface area contributed by atoms with Gasteiger partial charge in [0.15, 0.2) is 30.8 Å². The van der Waals surface area contributed by atoms with E-state index in [2.05, 4.69) is 5.32 Å². The molecule has 1 atom stereocenters. The van der Waals surface area contributed by atoms with Gasteiger partial charge in [-0.25, -0.2) is 4.79 Å². The van der Waals surface area contributed by atoms with E-state index in [1.807, 2.05) is 0 Å². The molecule has 0 spiro atoms. The Morgan fingerprint density at radius 1 is 1.10 bits per heavy atom. The van der Waals surface area contributed by atoms with Crippen LogP contribution in [0.4, 0.5) is 5.69 Å². The van der Waals surface area contributed by atoms with Crippen molar-refractivity contribution in [2.24, 2.45) is 0 Å². The average molecular weight is 409 g/mol. The predicted octanol–water partition coefficient (Wildman–Crippen LogP) is 2.42. The van der Waals surface area contributed by atoms with Crippen molar-refractivity contribution < 1.29 is 38.0 Å². The van der Waals surface area contributed by atoms with Gasteiger partial charge in [-0.05, 0) is 13.3 Å². The van der Waals surface area contributed by atoms with Gasteiger partial charge < -0.3 is 33.7 Å². The third kappa shape index (κ3) is 6.37. The molecule has 0 fully saturated rings. The third-order valence-corrected chi connectivity index (χ3v) is 4.02. The van der Waals surface area contributed by atoms with Crippen LogP contribution in [0.15, 0.2) is 18.2 Å². The lowest BCUT2D eigenvalue weighted by atomic mass is 10.0. The molecule has 1 aliphatic rings. The van der Waals surface area contributed by atoms with Crippen LogP contribution >= 0.6 is 0 Å². The summed E-state index contributed by atoms with van der Waals surface area (Å²) >= 11 is 0. The van der Waals surface area contributed by atoms with E-state index in [-0.39, 0.29) is 32.3 Å². The summed E-state index contributed by atoms with van der Waals surface area (Å²) in [6.07, 6.45) is 3.27. The van der Waals surface area contributed by atoms with Gasteiger partial charge in [-0.3, -0.25) is 4.79 Å². The normalized spacial score (nSPS) is 18.4. The molecule has 0 saturated heterocycles. The topological polar surface area (TPSA) is 102 Å². The highest BCUT2D eigenvalue weighted by molar-refractivity contribution is 5.93. The summed E-state index contributed by atoms with van der Waals surface area (Å²) in [7, 11) is 4.48. The Kier molecular flexibility index (Phi) is 8.75. The molecular formula is C20H27NO8. The summed E-state index contributed by atoms with van der Waals surface area (Å²) in [4.78, 5) is 24.4. The van der Waals surface area contributed by atoms with Crippen molar-refractivity contribution in [1.29, 1.82) is 0 Å². The molecule has 0 saturated carbocycles. The molecule has 160 valence electrons. The van der Waals surface area contributed by atoms with E-state index in [0.29, 0.717) is 34.9 Å². The summed E-state index contributed by atoms with van der Waals surface area (Å²) in [5.74, 6) is 0.376. The number of nitrogens with one attached hydrogen (secondary N) is 1. The SMILES string of the molecule is COCOc1cc2c(OCOC)c(c1OC)CC(C)OC(=O)/C=C\CCC(=O)N2. The zero-order valence-corrected chi connectivity index (χ0v) is 17.1. The summed E-state index contributed by atoms with van der Waals surface area (Å²) in [5, 5.41) is 2.84. The number of esters is 1. The largest absolute Gasteiger partial charge is 0.492 e. The number of anilines is 1. The molecule has 1 heterocycles. The first-order valence-corrected chi connectivity index (χ1v) is 9.14. The van der Waals surface area contributed by atoms with Crippen LogP contribution in [0.5, 0.6) is 17.2 Å². The van der Waals surface area contributed by atoms with Crippen LogP contribution in [0.25, 0.3) is 0 Å². The number of benzene rings is 1. The van der Waals surface area contributed by atoms with Gasteiger partial charge in [-0.2, -0.15) is 0 Å². The highest BCUT2D eigenvalue weighted by Gasteiger charge is 2.25. The Morgan fingerprint density at radius 3 is 2.52 bits per heavy atom. The molecule has 0 aliphatic carbocycles. The van der Waals surface area contributed by atoms with Crippen molar-refractivity contribution in [2.45, 2.75) is 32.3 Å². The summed E-state index contributed by atoms with van der Waals surface area (Å²) in [6.45, 7) is 1.69. The lowest BCUT2D eigenvalue weighted by molar-refractivity contribution is -0.142. The van der Waals surface area contributed by atoms with Gasteiger partial charge in [0, 0.05) is 44.8 Å². The maximum absolute atomic E-state index is 12.4. The van der Waals surface area contributed by atoms with Gasteiger partial charge in [0.05, 0.1) is 12.8 Å². The molecule has 1 aromatic rings. The van der Waals surface area contributed by atoms with Crippen molar-refractivity contribution in [3.63, 3.8) is 0 Å². The number of methoxy groups -OCH3 is 3. The Labute approximate surface area is 169 Å². The van der Waals surface area contributed by atoms with Gasteiger partial charge in [-0.1, -0.05) is 6.08 Å². The molecule has 2 rings (SSSR count). The summed E-state index contributed by atoms with van der Waals surface area (Å²) in [6, 6.07) is 1.61. The Morgan fingerprint density at radius 2 is 1.83 bits per heavy atom. The van der Waals surface area contributed by atoms with E-state index in [1.54, 1.807) is 19.1 Å². The van der Waals surface area contributed by atoms with E-state index in [1.165, 1.54) is 27.4 Å². The van der Waals surface area contributed by atoms with Crippen LogP contribution < -0.4 is 19.5 Å². The number of ether oxygens (including phenoxy) is 6. The minimum atomic E-state index is -0.493. The number of hydrogen-bond acceptors (Lipinski definition) is 8. The zero-order valence-electron chi connectivity index (χ0n) is 17.1. The van der Waals surface area contributed by atoms with Gasteiger partial charge in [0.1, 0.15) is 6.10 Å². The van der Waals surface area contributed by atoms with E-state index in [9.17, 15) is 9.59 Å². The summed E-state index contributed by atoms with van der Waals surface area (Å²) < 4.78 is 32.4. The zero-order chi connectivity index (χ0) is 21.2. The number of allylic oxidation sites excluding steroid dienone is 1. The average Bonchev–Trinajstić information content (AvgIpc) is 2.68. The minimum Gasteiger partial charge on any atom is -0.492 e. The number of amides is 1. The number of carbonyl (C=O) groups excluding carboxylic acids is 2. The molecule has 1 aromatic carbocycles. The fourth-order valence-electron chi connectivity index (χ4n) is 2.86. The van der Waals surface area contributed by atoms with E-state index < -0.39 is 12.1 Å². The van der Waals surface area contributed by atoms with Gasteiger partial charge in [-0.15, -0.1) is 0 Å². The smallest absolute Gasteiger partial charge is 0.330 e. The molecule has 1 unspecified atom stereocenters. The predicted molar refractivity (Wildman–Crippen MR) is 104 cm³/mol. The molecule has 9 nitrogen and oxygen atoms in total. The van der Waals surface area contributed by atoms with Gasteiger partial charge in [0.25, 0.3) is 0 Å². The first-order valence-electron chi connectivity index (χ1n) is 9.14. The molecule has 0 radical (unpaired) electrons. The molecule has 0 aromatic heterocycles. The second kappa shape index (κ2) is 11.3. The van der Waals surface area contributed by atoms with E-state index in [4.69, 9.17) is 28.4 Å². The number of rotatable bonds is 7. The fourth-order valence-corrected chi connectivity index (χ4v) is 2.86. The number of hydrogen-bond donors (Lipinski definition) is 1. The maximum Gasteiger partial charge on any atom is 0.330 e. The van der Waals surface area contributed by atoms with E-state index in [0.717, 1.165) is 0 Å². The van der Waals surface area contributed by atoms with Crippen LogP contribution in [-0.2, 0) is 30.2 Å². The lowest BCUT2D eigenvalue weighted by Gasteiger charge is -2.23. The van der Waals surface area contributed by atoms with Crippen molar-refractivity contribution in [3.05, 3.63) is 23.8 Å². The Hall–Kier alpha value is -2.78. The second-order valence-electron chi connectivity index (χ2n) is 6.31. The molecule has 1 aliphatic heterocycles. The highest BCUT2D eigenvalue weighted by atomic mass is 16.7. The molecular weight excluding hydrogens is 382 g/mol. The Balaban J connectivity index is 2.60. The van der Waals surface area contributed by atoms with Gasteiger partial charge >= 0.3 is 5.97 Å². The van der Waals surface area contributed by atoms with Crippen molar-refractivity contribution in [1.82, 2.24) is 0 Å². The molecule has 1 N–H and O–H groups in total. The third-order valence-electron chi connectivity index (χ3n) is 4.02. The standard InChI is InChI=1S/C20H27NO8/c1-13-9-14-19(28-12-25-3)15(10-16(20(14)26-4)27-11-24-2)21-17(22)7-5-6-8-18(23)29-13/h6,8,10,13H,5,7,9,11-12H2,1-4H3,(H,21,22)/b8-6-. The van der Waals surface area contributed by atoms with Gasteiger partial charge in [0.2, 0.25) is 5.91 Å². The van der Waals surface area contributed by atoms with Crippen molar-refractivity contribution in [3.8, 4) is 17.2 Å². The number of carbonyl (C=O) groups is 2. The fraction of sp³-hybridized carbons (Fsp3) is 0.500. The second-order valence-corrected chi connectivity index (χ2v) is 6.31. The maximum atomic E-state index is 12.4. The molecule has 1 amide bonds. The number of cyclic esters (lactones) is 1.